The molecule has 0 bridgehead atoms. The molecule has 2 N–H and O–H groups in total. The van der Waals surface area contributed by atoms with Crippen molar-refractivity contribution < 1.29 is 9.53 Å². The first kappa shape index (κ1) is 15.7. The Kier molecular flexibility index (Phi) is 7.19. The fourth-order valence-electron chi connectivity index (χ4n) is 1.96. The van der Waals surface area contributed by atoms with Gasteiger partial charge in [-0.05, 0) is 43.5 Å². The molecule has 0 fully saturated rings. The van der Waals surface area contributed by atoms with Crippen LogP contribution >= 0.6 is 0 Å². The van der Waals surface area contributed by atoms with Gasteiger partial charge in [0.25, 0.3) is 0 Å². The summed E-state index contributed by atoms with van der Waals surface area (Å²) in [6, 6.07) is 8.10. The second-order valence-corrected chi connectivity index (χ2v) is 4.90. The molecule has 0 aliphatic heterocycles. The highest BCUT2D eigenvalue weighted by Gasteiger charge is 2.10. The lowest BCUT2D eigenvalue weighted by molar-refractivity contribution is -0.122. The molecular weight excluding hydrogens is 238 g/mol. The van der Waals surface area contributed by atoms with E-state index in [9.17, 15) is 4.79 Å². The van der Waals surface area contributed by atoms with E-state index in [4.69, 9.17) is 10.5 Å². The van der Waals surface area contributed by atoms with Crippen molar-refractivity contribution >= 4 is 5.78 Å². The Morgan fingerprint density at radius 2 is 2.21 bits per heavy atom. The summed E-state index contributed by atoms with van der Waals surface area (Å²) in [5.41, 5.74) is 6.66. The number of nitrogens with two attached hydrogens (primary N) is 1. The van der Waals surface area contributed by atoms with E-state index in [-0.39, 0.29) is 5.92 Å². The first-order valence-electron chi connectivity index (χ1n) is 7.12. The van der Waals surface area contributed by atoms with E-state index in [0.29, 0.717) is 25.4 Å². The van der Waals surface area contributed by atoms with Crippen molar-refractivity contribution in [1.29, 1.82) is 0 Å². The summed E-state index contributed by atoms with van der Waals surface area (Å²) >= 11 is 0. The maximum absolute atomic E-state index is 11.5. The number of carbonyl (C=O) groups excluding carboxylic acids is 1. The van der Waals surface area contributed by atoms with E-state index in [1.165, 1.54) is 5.56 Å². The second-order valence-electron chi connectivity index (χ2n) is 4.90. The van der Waals surface area contributed by atoms with Crippen LogP contribution in [-0.4, -0.2) is 18.9 Å². The van der Waals surface area contributed by atoms with Gasteiger partial charge in [0.15, 0.2) is 0 Å². The van der Waals surface area contributed by atoms with Crippen molar-refractivity contribution in [3.63, 3.8) is 0 Å². The normalized spacial score (nSPS) is 12.2. The molecule has 106 valence electrons. The van der Waals surface area contributed by atoms with E-state index in [2.05, 4.69) is 12.1 Å². The highest BCUT2D eigenvalue weighted by Crippen LogP contribution is 2.17. The lowest BCUT2D eigenvalue weighted by Crippen LogP contribution is -2.10. The monoisotopic (exact) mass is 263 g/mol. The molecule has 1 aromatic rings. The molecule has 19 heavy (non-hydrogen) atoms. The summed E-state index contributed by atoms with van der Waals surface area (Å²) in [6.07, 6.45) is 3.32. The van der Waals surface area contributed by atoms with Gasteiger partial charge < -0.3 is 10.5 Å². The standard InChI is InChI=1S/C16H25NO2/c1-3-16(18)13(2)8-9-14-6-4-7-15(12-14)19-11-5-10-17/h4,6-7,12-13H,3,5,8-11,17H2,1-2H3. The number of ether oxygens (including phenoxy) is 1. The van der Waals surface area contributed by atoms with Crippen molar-refractivity contribution in [1.82, 2.24) is 0 Å². The molecule has 0 aliphatic rings. The van der Waals surface area contributed by atoms with Crippen LogP contribution in [-0.2, 0) is 11.2 Å². The van der Waals surface area contributed by atoms with Gasteiger partial charge in [0.05, 0.1) is 6.61 Å². The quantitative estimate of drug-likeness (QED) is 0.697. The number of aryl methyl sites for hydroxylation is 1. The second kappa shape index (κ2) is 8.70. The fraction of sp³-hybridized carbons (Fsp3) is 0.562. The van der Waals surface area contributed by atoms with Gasteiger partial charge in [0.2, 0.25) is 0 Å². The largest absolute Gasteiger partial charge is 0.494 e. The molecule has 0 heterocycles. The van der Waals surface area contributed by atoms with Crippen molar-refractivity contribution in [3.8, 4) is 5.75 Å². The van der Waals surface area contributed by atoms with Gasteiger partial charge in [0, 0.05) is 12.3 Å². The van der Waals surface area contributed by atoms with Crippen LogP contribution in [0.4, 0.5) is 0 Å². The minimum Gasteiger partial charge on any atom is -0.494 e. The van der Waals surface area contributed by atoms with Gasteiger partial charge in [-0.25, -0.2) is 0 Å². The highest BCUT2D eigenvalue weighted by molar-refractivity contribution is 5.80. The van der Waals surface area contributed by atoms with E-state index in [0.717, 1.165) is 25.0 Å². The molecule has 0 spiro atoms. The van der Waals surface area contributed by atoms with Gasteiger partial charge in [-0.15, -0.1) is 0 Å². The van der Waals surface area contributed by atoms with Gasteiger partial charge in [-0.1, -0.05) is 26.0 Å². The molecule has 0 saturated heterocycles. The molecule has 0 radical (unpaired) electrons. The Morgan fingerprint density at radius 1 is 1.42 bits per heavy atom. The first-order valence-corrected chi connectivity index (χ1v) is 7.12. The van der Waals surface area contributed by atoms with Gasteiger partial charge in [0.1, 0.15) is 11.5 Å². The van der Waals surface area contributed by atoms with E-state index >= 15 is 0 Å². The number of carbonyl (C=O) groups is 1. The molecule has 0 aromatic heterocycles. The maximum Gasteiger partial charge on any atom is 0.135 e. The number of hydrogen-bond acceptors (Lipinski definition) is 3. The molecule has 0 saturated carbocycles. The lowest BCUT2D eigenvalue weighted by Gasteiger charge is -2.10. The fourth-order valence-corrected chi connectivity index (χ4v) is 1.96. The maximum atomic E-state index is 11.5. The first-order chi connectivity index (χ1) is 9.17. The summed E-state index contributed by atoms with van der Waals surface area (Å²) in [4.78, 5) is 11.5. The summed E-state index contributed by atoms with van der Waals surface area (Å²) in [7, 11) is 0. The lowest BCUT2D eigenvalue weighted by atomic mass is 9.96. The third-order valence-corrected chi connectivity index (χ3v) is 3.28. The zero-order chi connectivity index (χ0) is 14.1. The number of benzene rings is 1. The molecular formula is C16H25NO2. The molecule has 0 amide bonds. The Balaban J connectivity index is 2.45. The minimum atomic E-state index is 0.145. The number of ketones is 1. The molecule has 1 rings (SSSR count). The predicted octanol–water partition coefficient (Wildman–Crippen LogP) is 2.96. The van der Waals surface area contributed by atoms with E-state index < -0.39 is 0 Å². The average Bonchev–Trinajstić information content (AvgIpc) is 2.44. The van der Waals surface area contributed by atoms with E-state index in [1.54, 1.807) is 0 Å². The molecule has 1 atom stereocenters. The molecule has 1 aromatic carbocycles. The third-order valence-electron chi connectivity index (χ3n) is 3.28. The van der Waals surface area contributed by atoms with Crippen LogP contribution in [0.2, 0.25) is 0 Å². The summed E-state index contributed by atoms with van der Waals surface area (Å²) in [5, 5.41) is 0. The van der Waals surface area contributed by atoms with Crippen molar-refractivity contribution in [3.05, 3.63) is 29.8 Å². The Bertz CT molecular complexity index is 390. The minimum absolute atomic E-state index is 0.145. The van der Waals surface area contributed by atoms with Crippen molar-refractivity contribution in [2.45, 2.75) is 39.5 Å². The molecule has 0 aliphatic carbocycles. The van der Waals surface area contributed by atoms with Crippen LogP contribution in [0.5, 0.6) is 5.75 Å². The van der Waals surface area contributed by atoms with Crippen LogP contribution < -0.4 is 10.5 Å². The van der Waals surface area contributed by atoms with Gasteiger partial charge in [-0.2, -0.15) is 0 Å². The SMILES string of the molecule is CCC(=O)C(C)CCc1cccc(OCCCN)c1. The van der Waals surface area contributed by atoms with Crippen molar-refractivity contribution in [2.75, 3.05) is 13.2 Å². The molecule has 3 heteroatoms. The highest BCUT2D eigenvalue weighted by atomic mass is 16.5. The zero-order valence-corrected chi connectivity index (χ0v) is 12.0. The zero-order valence-electron chi connectivity index (χ0n) is 12.0. The number of Topliss-reactive ketones (excluding diaryl/α,β-unsaturated/α-hetero) is 1. The average molecular weight is 263 g/mol. The van der Waals surface area contributed by atoms with E-state index in [1.807, 2.05) is 26.0 Å². The number of hydrogen-bond donors (Lipinski definition) is 1. The Hall–Kier alpha value is -1.35. The third kappa shape index (κ3) is 5.88. The topological polar surface area (TPSA) is 52.3 Å². The van der Waals surface area contributed by atoms with Gasteiger partial charge >= 0.3 is 0 Å². The summed E-state index contributed by atoms with van der Waals surface area (Å²) in [6.45, 7) is 5.24. The molecule has 3 nitrogen and oxygen atoms in total. The van der Waals surface area contributed by atoms with Crippen LogP contribution in [0, 0.1) is 5.92 Å². The smallest absolute Gasteiger partial charge is 0.135 e. The summed E-state index contributed by atoms with van der Waals surface area (Å²) < 4.78 is 5.62. The van der Waals surface area contributed by atoms with Crippen LogP contribution in [0.25, 0.3) is 0 Å². The van der Waals surface area contributed by atoms with Crippen LogP contribution in [0.1, 0.15) is 38.7 Å². The number of rotatable bonds is 9. The summed E-state index contributed by atoms with van der Waals surface area (Å²) in [5.74, 6) is 1.38. The Morgan fingerprint density at radius 3 is 2.89 bits per heavy atom. The van der Waals surface area contributed by atoms with Crippen molar-refractivity contribution in [2.24, 2.45) is 11.7 Å². The Labute approximate surface area is 116 Å². The predicted molar refractivity (Wildman–Crippen MR) is 78.4 cm³/mol. The van der Waals surface area contributed by atoms with Crippen LogP contribution in [0.15, 0.2) is 24.3 Å². The molecule has 1 unspecified atom stereocenters. The van der Waals surface area contributed by atoms with Gasteiger partial charge in [-0.3, -0.25) is 4.79 Å². The van der Waals surface area contributed by atoms with Crippen LogP contribution in [0.3, 0.4) is 0 Å².